The van der Waals surface area contributed by atoms with Crippen LogP contribution in [0.15, 0.2) is 4.99 Å². The Morgan fingerprint density at radius 3 is 2.25 bits per heavy atom. The van der Waals surface area contributed by atoms with E-state index in [0.717, 1.165) is 51.9 Å². The molecule has 0 atom stereocenters. The largest absolute Gasteiger partial charge is 0.481 e. The minimum atomic E-state index is -0.717. The molecule has 1 amide bonds. The van der Waals surface area contributed by atoms with Crippen molar-refractivity contribution in [3.8, 4) is 0 Å². The van der Waals surface area contributed by atoms with Crippen molar-refractivity contribution in [2.75, 3.05) is 45.9 Å². The summed E-state index contributed by atoms with van der Waals surface area (Å²) in [5.41, 5.74) is 6.10. The second-order valence-electron chi connectivity index (χ2n) is 8.18. The van der Waals surface area contributed by atoms with Gasteiger partial charge < -0.3 is 26.4 Å². The number of hydrogen-bond acceptors (Lipinski definition) is 5. The molecule has 0 aromatic heterocycles. The molecule has 9 nitrogen and oxygen atoms in total. The minimum Gasteiger partial charge on any atom is -0.481 e. The molecule has 5 N–H and O–H groups in total. The van der Waals surface area contributed by atoms with Crippen molar-refractivity contribution < 1.29 is 14.7 Å². The van der Waals surface area contributed by atoms with Gasteiger partial charge in [0.05, 0.1) is 12.6 Å². The van der Waals surface area contributed by atoms with Gasteiger partial charge in [-0.05, 0) is 51.6 Å². The molecular weight excluding hydrogens is 360 g/mol. The first-order valence-corrected chi connectivity index (χ1v) is 10.5. The minimum absolute atomic E-state index is 0.161. The summed E-state index contributed by atoms with van der Waals surface area (Å²) in [4.78, 5) is 32.1. The summed E-state index contributed by atoms with van der Waals surface area (Å²) in [5.74, 6) is -0.0977. The number of carboxylic acid groups (broad SMARTS) is 1. The Bertz CT molecular complexity index is 562. The van der Waals surface area contributed by atoms with Crippen molar-refractivity contribution in [1.29, 1.82) is 0 Å². The number of nitrogens with zero attached hydrogens (tertiary/aromatic N) is 3. The molecule has 3 saturated heterocycles. The highest BCUT2D eigenvalue weighted by Gasteiger charge is 2.27. The summed E-state index contributed by atoms with van der Waals surface area (Å²) in [6.45, 7) is 5.52. The van der Waals surface area contributed by atoms with Crippen LogP contribution >= 0.6 is 0 Å². The third-order valence-corrected chi connectivity index (χ3v) is 6.24. The SMILES string of the molecule is NC(=NCN1CCC(NC(=O)C2CCNCC2)CC1)N1CCC(C(=O)O)CC1. The Morgan fingerprint density at radius 2 is 1.64 bits per heavy atom. The number of carboxylic acids is 1. The van der Waals surface area contributed by atoms with E-state index in [0.29, 0.717) is 38.6 Å². The topological polar surface area (TPSA) is 123 Å². The first kappa shape index (κ1) is 20.9. The first-order valence-electron chi connectivity index (χ1n) is 10.5. The van der Waals surface area contributed by atoms with Crippen LogP contribution in [0.4, 0.5) is 0 Å². The molecule has 0 aromatic carbocycles. The second-order valence-corrected chi connectivity index (χ2v) is 8.18. The third kappa shape index (κ3) is 5.81. The Balaban J connectivity index is 1.35. The van der Waals surface area contributed by atoms with Gasteiger partial charge in [-0.25, -0.2) is 4.99 Å². The fourth-order valence-electron chi connectivity index (χ4n) is 4.25. The fraction of sp³-hybridized carbons (Fsp3) is 0.842. The zero-order valence-electron chi connectivity index (χ0n) is 16.6. The molecule has 3 fully saturated rings. The van der Waals surface area contributed by atoms with Gasteiger partial charge in [-0.2, -0.15) is 0 Å². The van der Waals surface area contributed by atoms with Gasteiger partial charge in [0.15, 0.2) is 5.96 Å². The van der Waals surface area contributed by atoms with Gasteiger partial charge in [-0.15, -0.1) is 0 Å². The Hall–Kier alpha value is -1.87. The van der Waals surface area contributed by atoms with Crippen LogP contribution in [0.3, 0.4) is 0 Å². The maximum atomic E-state index is 12.4. The van der Waals surface area contributed by atoms with Crippen molar-refractivity contribution in [1.82, 2.24) is 20.4 Å². The van der Waals surface area contributed by atoms with Crippen LogP contribution in [0.5, 0.6) is 0 Å². The number of likely N-dealkylation sites (tertiary alicyclic amines) is 2. The van der Waals surface area contributed by atoms with Crippen LogP contribution in [-0.4, -0.2) is 84.7 Å². The summed E-state index contributed by atoms with van der Waals surface area (Å²) in [6, 6.07) is 0.259. The molecule has 9 heteroatoms. The van der Waals surface area contributed by atoms with E-state index < -0.39 is 5.97 Å². The van der Waals surface area contributed by atoms with E-state index >= 15 is 0 Å². The van der Waals surface area contributed by atoms with E-state index in [1.807, 2.05) is 4.90 Å². The lowest BCUT2D eigenvalue weighted by Crippen LogP contribution is -2.48. The normalized spacial score (nSPS) is 24.3. The summed E-state index contributed by atoms with van der Waals surface area (Å²) in [6.07, 6.45) is 4.98. The van der Waals surface area contributed by atoms with E-state index in [1.54, 1.807) is 0 Å². The van der Waals surface area contributed by atoms with E-state index in [2.05, 4.69) is 20.5 Å². The lowest BCUT2D eigenvalue weighted by molar-refractivity contribution is -0.143. The van der Waals surface area contributed by atoms with Crippen molar-refractivity contribution in [3.63, 3.8) is 0 Å². The van der Waals surface area contributed by atoms with Crippen LogP contribution in [0.25, 0.3) is 0 Å². The first-order chi connectivity index (χ1) is 13.5. The summed E-state index contributed by atoms with van der Waals surface area (Å²) < 4.78 is 0. The molecule has 0 bridgehead atoms. The number of piperidine rings is 3. The van der Waals surface area contributed by atoms with E-state index in [-0.39, 0.29) is 23.8 Å². The highest BCUT2D eigenvalue weighted by atomic mass is 16.4. The van der Waals surface area contributed by atoms with Crippen LogP contribution in [0.2, 0.25) is 0 Å². The number of nitrogens with two attached hydrogens (primary N) is 1. The zero-order chi connectivity index (χ0) is 19.9. The molecular formula is C19H34N6O3. The van der Waals surface area contributed by atoms with Crippen LogP contribution in [0, 0.1) is 11.8 Å². The molecule has 28 heavy (non-hydrogen) atoms. The molecule has 3 aliphatic rings. The molecule has 0 unspecified atom stereocenters. The van der Waals surface area contributed by atoms with E-state index in [1.165, 1.54) is 0 Å². The summed E-state index contributed by atoms with van der Waals surface area (Å²) in [5, 5.41) is 15.6. The van der Waals surface area contributed by atoms with Gasteiger partial charge in [0.25, 0.3) is 0 Å². The number of amides is 1. The molecule has 0 aliphatic carbocycles. The van der Waals surface area contributed by atoms with Gasteiger partial charge in [0, 0.05) is 38.1 Å². The van der Waals surface area contributed by atoms with Crippen molar-refractivity contribution in [2.24, 2.45) is 22.6 Å². The predicted octanol–water partition coefficient (Wildman–Crippen LogP) is -0.365. The zero-order valence-corrected chi connectivity index (χ0v) is 16.6. The maximum Gasteiger partial charge on any atom is 0.306 e. The lowest BCUT2D eigenvalue weighted by Gasteiger charge is -2.33. The molecule has 3 rings (SSSR count). The molecule has 158 valence electrons. The highest BCUT2D eigenvalue weighted by molar-refractivity contribution is 5.79. The smallest absolute Gasteiger partial charge is 0.306 e. The Labute approximate surface area is 166 Å². The molecule has 0 saturated carbocycles. The van der Waals surface area contributed by atoms with E-state index in [9.17, 15) is 9.59 Å². The number of carbonyl (C=O) groups is 2. The van der Waals surface area contributed by atoms with Gasteiger partial charge in [-0.1, -0.05) is 0 Å². The number of hydrogen-bond donors (Lipinski definition) is 4. The monoisotopic (exact) mass is 394 g/mol. The number of nitrogens with one attached hydrogen (secondary N) is 2. The maximum absolute atomic E-state index is 12.4. The van der Waals surface area contributed by atoms with Crippen molar-refractivity contribution in [3.05, 3.63) is 0 Å². The van der Waals surface area contributed by atoms with Crippen LogP contribution in [-0.2, 0) is 9.59 Å². The van der Waals surface area contributed by atoms with Gasteiger partial charge in [0.2, 0.25) is 5.91 Å². The summed E-state index contributed by atoms with van der Waals surface area (Å²) in [7, 11) is 0. The Morgan fingerprint density at radius 1 is 1.00 bits per heavy atom. The standard InChI is InChI=1S/C19H34N6O3/c20-19(25-11-3-15(4-12-25)18(27)28)22-13-24-9-5-16(6-10-24)23-17(26)14-1-7-21-8-2-14/h14-16,21H,1-13H2,(H2,20,22)(H,23,26)(H,27,28). The molecule has 3 heterocycles. The molecule has 0 aromatic rings. The average molecular weight is 395 g/mol. The van der Waals surface area contributed by atoms with Gasteiger partial charge in [-0.3, -0.25) is 14.5 Å². The fourth-order valence-corrected chi connectivity index (χ4v) is 4.25. The van der Waals surface area contributed by atoms with Crippen LogP contribution in [0.1, 0.15) is 38.5 Å². The average Bonchev–Trinajstić information content (AvgIpc) is 2.73. The quantitative estimate of drug-likeness (QED) is 0.371. The number of guanidine groups is 1. The van der Waals surface area contributed by atoms with Gasteiger partial charge >= 0.3 is 5.97 Å². The molecule has 0 radical (unpaired) electrons. The number of aliphatic carboxylic acids is 1. The molecule has 0 spiro atoms. The Kier molecular flexibility index (Phi) is 7.50. The predicted molar refractivity (Wildman–Crippen MR) is 107 cm³/mol. The highest BCUT2D eigenvalue weighted by Crippen LogP contribution is 2.18. The van der Waals surface area contributed by atoms with Crippen LogP contribution < -0.4 is 16.4 Å². The number of carbonyl (C=O) groups excluding carboxylic acids is 1. The van der Waals surface area contributed by atoms with Gasteiger partial charge in [0.1, 0.15) is 0 Å². The number of aliphatic imine (C=N–C) groups is 1. The number of rotatable bonds is 5. The third-order valence-electron chi connectivity index (χ3n) is 6.24. The van der Waals surface area contributed by atoms with Crippen molar-refractivity contribution >= 4 is 17.8 Å². The molecule has 3 aliphatic heterocycles. The second kappa shape index (κ2) is 10.1. The summed E-state index contributed by atoms with van der Waals surface area (Å²) >= 11 is 0. The van der Waals surface area contributed by atoms with Crippen molar-refractivity contribution in [2.45, 2.75) is 44.6 Å². The van der Waals surface area contributed by atoms with E-state index in [4.69, 9.17) is 10.8 Å². The lowest BCUT2D eigenvalue weighted by atomic mass is 9.96.